The van der Waals surface area contributed by atoms with E-state index in [2.05, 4.69) is 9.88 Å². The molecule has 1 saturated carbocycles. The van der Waals surface area contributed by atoms with Crippen molar-refractivity contribution in [3.63, 3.8) is 0 Å². The summed E-state index contributed by atoms with van der Waals surface area (Å²) in [4.78, 5) is 50.3. The maximum absolute atomic E-state index is 13.6. The molecule has 5 heterocycles. The zero-order valence-electron chi connectivity index (χ0n) is 36.6. The van der Waals surface area contributed by atoms with E-state index in [0.29, 0.717) is 47.4 Å². The first kappa shape index (κ1) is 46.2. The van der Waals surface area contributed by atoms with Crippen molar-refractivity contribution < 1.29 is 46.8 Å². The van der Waals surface area contributed by atoms with E-state index in [1.165, 1.54) is 30.6 Å². The molecule has 5 fully saturated rings. The summed E-state index contributed by atoms with van der Waals surface area (Å²) in [5, 5.41) is 0.538. The van der Waals surface area contributed by atoms with E-state index in [1.807, 2.05) is 66.7 Å². The molecule has 5 aromatic rings. The number of rotatable bonds is 18. The average Bonchev–Trinajstić information content (AvgIpc) is 4.16. The number of esters is 1. The quantitative estimate of drug-likeness (QED) is 0.0785. The number of carbonyl (C=O) groups excluding carboxylic acids is 3. The fourth-order valence-corrected chi connectivity index (χ4v) is 9.19. The summed E-state index contributed by atoms with van der Waals surface area (Å²) < 4.78 is 55.4. The second-order valence-electron chi connectivity index (χ2n) is 17.6. The van der Waals surface area contributed by atoms with Crippen molar-refractivity contribution in [3.8, 4) is 17.2 Å². The van der Waals surface area contributed by atoms with Crippen LogP contribution in [0, 0.1) is 17.8 Å². The summed E-state index contributed by atoms with van der Waals surface area (Å²) in [6, 6.07) is 28.7. The van der Waals surface area contributed by atoms with Gasteiger partial charge in [0.1, 0.15) is 24.6 Å². The number of hydrogen-bond acceptors (Lipinski definition) is 10. The van der Waals surface area contributed by atoms with Gasteiger partial charge in [-0.2, -0.15) is 8.78 Å². The second-order valence-corrected chi connectivity index (χ2v) is 18.4. The summed E-state index contributed by atoms with van der Waals surface area (Å²) in [6.07, 6.45) is 5.63. The van der Waals surface area contributed by atoms with E-state index in [4.69, 9.17) is 46.9 Å². The minimum atomic E-state index is -3.06. The maximum atomic E-state index is 13.6. The Morgan fingerprint density at radius 3 is 2.15 bits per heavy atom. The maximum Gasteiger partial charge on any atom is 0.414 e. The van der Waals surface area contributed by atoms with Crippen LogP contribution in [0.25, 0.3) is 0 Å². The van der Waals surface area contributed by atoms with Crippen LogP contribution >= 0.6 is 23.2 Å². The molecule has 0 radical (unpaired) electrons. The number of hydrogen-bond donors (Lipinski definition) is 0. The Bertz CT molecular complexity index is 2500. The summed E-state index contributed by atoms with van der Waals surface area (Å²) in [5.41, 5.74) is 3.95. The molecule has 2 bridgehead atoms. The fraction of sp³-hybridized carbons (Fsp3) is 0.373. The summed E-state index contributed by atoms with van der Waals surface area (Å²) >= 11 is 12.9. The van der Waals surface area contributed by atoms with E-state index in [1.54, 1.807) is 21.9 Å². The molecular weight excluding hydrogens is 905 g/mol. The number of nitrogens with zero attached hydrogens (tertiary/aromatic N) is 4. The Labute approximate surface area is 397 Å². The summed E-state index contributed by atoms with van der Waals surface area (Å²) in [6.45, 7) is 1.09. The van der Waals surface area contributed by atoms with Crippen molar-refractivity contribution in [3.05, 3.63) is 147 Å². The highest BCUT2D eigenvalue weighted by Gasteiger charge is 2.40. The monoisotopic (exact) mass is 954 g/mol. The number of pyridine rings is 1. The number of fused-ring (bicyclic) bond motifs is 3. The highest BCUT2D eigenvalue weighted by Crippen LogP contribution is 2.39. The van der Waals surface area contributed by atoms with Gasteiger partial charge in [0.15, 0.2) is 11.5 Å². The largest absolute Gasteiger partial charge is 0.489 e. The predicted molar refractivity (Wildman–Crippen MR) is 247 cm³/mol. The van der Waals surface area contributed by atoms with Crippen LogP contribution < -0.4 is 19.1 Å². The topological polar surface area (TPSA) is 120 Å². The van der Waals surface area contributed by atoms with Crippen LogP contribution in [-0.2, 0) is 33.8 Å². The lowest BCUT2D eigenvalue weighted by atomic mass is 9.86. The molecule has 2 atom stereocenters. The number of ether oxygens (including phenoxy) is 5. The normalized spacial score (nSPS) is 19.3. The second kappa shape index (κ2) is 20.9. The Balaban J connectivity index is 0.781. The third-order valence-electron chi connectivity index (χ3n) is 12.8. The van der Waals surface area contributed by atoms with E-state index < -0.39 is 24.6 Å². The van der Waals surface area contributed by atoms with Crippen LogP contribution in [0.5, 0.6) is 17.2 Å². The van der Waals surface area contributed by atoms with Crippen LogP contribution in [0.4, 0.5) is 19.3 Å². The number of piperidine rings is 3. The number of benzene rings is 4. The third-order valence-corrected chi connectivity index (χ3v) is 13.5. The number of para-hydroxylation sites is 1. The number of amides is 2. The molecule has 4 saturated heterocycles. The third kappa shape index (κ3) is 11.6. The number of halogens is 4. The molecule has 2 amide bonds. The van der Waals surface area contributed by atoms with Crippen LogP contribution in [0.3, 0.4) is 0 Å². The van der Waals surface area contributed by atoms with E-state index in [-0.39, 0.29) is 65.8 Å². The smallest absolute Gasteiger partial charge is 0.414 e. The van der Waals surface area contributed by atoms with Crippen LogP contribution in [0.15, 0.2) is 109 Å². The Morgan fingerprint density at radius 2 is 1.49 bits per heavy atom. The highest BCUT2D eigenvalue weighted by molar-refractivity contribution is 6.35. The Morgan fingerprint density at radius 1 is 0.791 bits per heavy atom. The van der Waals surface area contributed by atoms with Gasteiger partial charge in [0.2, 0.25) is 0 Å². The average molecular weight is 956 g/mol. The molecule has 4 aromatic carbocycles. The van der Waals surface area contributed by atoms with Crippen molar-refractivity contribution in [2.24, 2.45) is 17.8 Å². The van der Waals surface area contributed by atoms with Crippen molar-refractivity contribution in [1.29, 1.82) is 0 Å². The van der Waals surface area contributed by atoms with Gasteiger partial charge in [-0.3, -0.25) is 24.4 Å². The molecule has 1 aromatic heterocycles. The summed E-state index contributed by atoms with van der Waals surface area (Å²) in [5.74, 6) is -0.0161. The van der Waals surface area contributed by atoms with Crippen LogP contribution in [0.1, 0.15) is 64.4 Å². The molecule has 67 heavy (non-hydrogen) atoms. The number of aromatic nitrogens is 1. The van der Waals surface area contributed by atoms with Gasteiger partial charge in [0.25, 0.3) is 5.91 Å². The van der Waals surface area contributed by atoms with E-state index in [0.717, 1.165) is 62.1 Å². The number of alkyl halides is 2. The minimum Gasteiger partial charge on any atom is -0.489 e. The van der Waals surface area contributed by atoms with Gasteiger partial charge in [-0.25, -0.2) is 4.79 Å². The molecule has 0 spiro atoms. The molecule has 350 valence electrons. The first-order valence-corrected chi connectivity index (χ1v) is 23.3. The van der Waals surface area contributed by atoms with Gasteiger partial charge in [0.05, 0.1) is 29.1 Å². The number of likely N-dealkylation sites (tertiary alicyclic amines) is 1. The van der Waals surface area contributed by atoms with Crippen molar-refractivity contribution >= 4 is 46.9 Å². The molecule has 16 heteroatoms. The van der Waals surface area contributed by atoms with E-state index in [9.17, 15) is 23.2 Å². The molecule has 4 aliphatic heterocycles. The van der Waals surface area contributed by atoms with Crippen molar-refractivity contribution in [2.75, 3.05) is 44.2 Å². The highest BCUT2D eigenvalue weighted by atomic mass is 35.5. The Kier molecular flexibility index (Phi) is 14.4. The first-order valence-electron chi connectivity index (χ1n) is 22.6. The van der Waals surface area contributed by atoms with Gasteiger partial charge in [-0.05, 0) is 121 Å². The summed E-state index contributed by atoms with van der Waals surface area (Å²) in [7, 11) is 0. The van der Waals surface area contributed by atoms with Gasteiger partial charge >= 0.3 is 18.7 Å². The molecule has 12 nitrogen and oxygen atoms in total. The molecular formula is C51H50Cl2F2N4O8. The fourth-order valence-electron chi connectivity index (χ4n) is 8.67. The molecule has 0 N–H and O–H groups in total. The number of anilines is 1. The minimum absolute atomic E-state index is 0.0606. The molecule has 0 unspecified atom stereocenters. The predicted octanol–water partition coefficient (Wildman–Crippen LogP) is 10.2. The van der Waals surface area contributed by atoms with E-state index >= 15 is 0 Å². The molecule has 1 aliphatic carbocycles. The van der Waals surface area contributed by atoms with Crippen molar-refractivity contribution in [2.45, 2.75) is 64.1 Å². The lowest BCUT2D eigenvalue weighted by molar-refractivity contribution is -0.159. The Hall–Kier alpha value is -5.96. The SMILES string of the molecule is O=C(O[C@@H](Cc1c(Cl)cncc1Cl)c1ccc(OC(F)F)c(OCC2CC2)c1)C1CN(C(=O)c2ccc(COc3ccc(CN(C(=O)O[C@H]4CN5CCC4CC5)c4ccccc4)cc3)cc2)C1. The van der Waals surface area contributed by atoms with Crippen LogP contribution in [-0.4, -0.2) is 84.8 Å². The standard InChI is InChI=1S/C51H50Cl2F2N4O8/c52-42-24-56-25-43(53)41(42)23-45(37-14-17-44(66-50(54)55)46(22-37)64-31-33-6-7-33)65-49(61)38-27-58(28-38)48(60)36-12-8-34(9-13-36)30-63-40-15-10-32(11-16-40)26-59(39-4-2-1-3-5-39)51(62)67-47-29-57-20-18-35(47)19-21-57/h1-5,8-17,22,24-25,33,35,38,45,47,50H,6-7,18-21,23,26-31H2/t45-,47-/m0/s1. The van der Waals surface area contributed by atoms with Crippen molar-refractivity contribution in [1.82, 2.24) is 14.8 Å². The van der Waals surface area contributed by atoms with Gasteiger partial charge in [0, 0.05) is 49.7 Å². The van der Waals surface area contributed by atoms with Gasteiger partial charge < -0.3 is 28.6 Å². The molecule has 10 rings (SSSR count). The lowest BCUT2D eigenvalue weighted by Gasteiger charge is -2.44. The number of carbonyl (C=O) groups is 3. The zero-order valence-corrected chi connectivity index (χ0v) is 38.1. The zero-order chi connectivity index (χ0) is 46.4. The van der Waals surface area contributed by atoms with Crippen LogP contribution in [0.2, 0.25) is 10.0 Å². The first-order chi connectivity index (χ1) is 32.5. The van der Waals surface area contributed by atoms with Gasteiger partial charge in [-0.1, -0.05) is 71.7 Å². The van der Waals surface area contributed by atoms with Gasteiger partial charge in [-0.15, -0.1) is 0 Å². The molecule has 5 aliphatic rings. The lowest BCUT2D eigenvalue weighted by Crippen LogP contribution is -2.53.